The standard InChI is InChI=1S/C14H17F2NO2/c15-10-6-9(7-11(16)8-10)14(19)17-12-4-2-1-3-5-13(12)18/h6-8,12-13,18H,1-5H2,(H,17,19). The lowest BCUT2D eigenvalue weighted by Crippen LogP contribution is -2.42. The van der Waals surface area contributed by atoms with Gasteiger partial charge in [-0.2, -0.15) is 0 Å². The van der Waals surface area contributed by atoms with E-state index in [1.165, 1.54) is 0 Å². The number of carbonyl (C=O) groups excluding carboxylic acids is 1. The van der Waals surface area contributed by atoms with Gasteiger partial charge in [0.05, 0.1) is 12.1 Å². The first-order valence-electron chi connectivity index (χ1n) is 6.51. The minimum absolute atomic E-state index is 0.0612. The van der Waals surface area contributed by atoms with E-state index in [1.807, 2.05) is 0 Å². The van der Waals surface area contributed by atoms with E-state index < -0.39 is 23.6 Å². The van der Waals surface area contributed by atoms with Gasteiger partial charge in [-0.15, -0.1) is 0 Å². The molecule has 0 aliphatic heterocycles. The quantitative estimate of drug-likeness (QED) is 0.810. The highest BCUT2D eigenvalue weighted by molar-refractivity contribution is 5.94. The molecule has 2 unspecified atom stereocenters. The average molecular weight is 269 g/mol. The fourth-order valence-corrected chi connectivity index (χ4v) is 2.39. The Kier molecular flexibility index (Phi) is 4.47. The Balaban J connectivity index is 2.07. The van der Waals surface area contributed by atoms with Gasteiger partial charge in [-0.3, -0.25) is 4.79 Å². The van der Waals surface area contributed by atoms with Crippen LogP contribution in [-0.2, 0) is 0 Å². The van der Waals surface area contributed by atoms with E-state index in [1.54, 1.807) is 0 Å². The van der Waals surface area contributed by atoms with E-state index in [0.29, 0.717) is 12.8 Å². The van der Waals surface area contributed by atoms with Crippen LogP contribution in [0.25, 0.3) is 0 Å². The number of benzene rings is 1. The lowest BCUT2D eigenvalue weighted by Gasteiger charge is -2.21. The average Bonchev–Trinajstić information content (AvgIpc) is 2.54. The van der Waals surface area contributed by atoms with Gasteiger partial charge in [0.1, 0.15) is 11.6 Å². The second-order valence-electron chi connectivity index (χ2n) is 4.94. The van der Waals surface area contributed by atoms with Gasteiger partial charge < -0.3 is 10.4 Å². The van der Waals surface area contributed by atoms with E-state index in [2.05, 4.69) is 5.32 Å². The topological polar surface area (TPSA) is 49.3 Å². The van der Waals surface area contributed by atoms with Crippen LogP contribution in [0.5, 0.6) is 0 Å². The Morgan fingerprint density at radius 2 is 1.74 bits per heavy atom. The zero-order valence-corrected chi connectivity index (χ0v) is 10.5. The van der Waals surface area contributed by atoms with Crippen LogP contribution < -0.4 is 5.32 Å². The Labute approximate surface area is 110 Å². The highest BCUT2D eigenvalue weighted by atomic mass is 19.1. The summed E-state index contributed by atoms with van der Waals surface area (Å²) in [5, 5.41) is 12.5. The lowest BCUT2D eigenvalue weighted by atomic mass is 10.1. The van der Waals surface area contributed by atoms with Gasteiger partial charge in [-0.25, -0.2) is 8.78 Å². The molecule has 0 radical (unpaired) electrons. The molecule has 1 aromatic carbocycles. The van der Waals surface area contributed by atoms with Gasteiger partial charge in [0.25, 0.3) is 5.91 Å². The van der Waals surface area contributed by atoms with Gasteiger partial charge in [0.15, 0.2) is 0 Å². The van der Waals surface area contributed by atoms with Crippen LogP contribution in [0.4, 0.5) is 8.78 Å². The molecule has 2 atom stereocenters. The lowest BCUT2D eigenvalue weighted by molar-refractivity contribution is 0.0818. The Bertz CT molecular complexity index is 445. The maximum absolute atomic E-state index is 13.0. The fraction of sp³-hybridized carbons (Fsp3) is 0.500. The molecule has 1 aromatic rings. The minimum Gasteiger partial charge on any atom is -0.391 e. The Morgan fingerprint density at radius 3 is 2.42 bits per heavy atom. The Hall–Kier alpha value is -1.49. The van der Waals surface area contributed by atoms with Crippen LogP contribution >= 0.6 is 0 Å². The summed E-state index contributed by atoms with van der Waals surface area (Å²) in [5.41, 5.74) is -0.0612. The van der Waals surface area contributed by atoms with Gasteiger partial charge >= 0.3 is 0 Å². The van der Waals surface area contributed by atoms with E-state index in [4.69, 9.17) is 0 Å². The monoisotopic (exact) mass is 269 g/mol. The fourth-order valence-electron chi connectivity index (χ4n) is 2.39. The molecule has 0 heterocycles. The molecule has 2 rings (SSSR count). The summed E-state index contributed by atoms with van der Waals surface area (Å²) >= 11 is 0. The summed E-state index contributed by atoms with van der Waals surface area (Å²) in [6.07, 6.45) is 3.62. The third-order valence-electron chi connectivity index (χ3n) is 3.42. The molecule has 1 saturated carbocycles. The van der Waals surface area contributed by atoms with Crippen molar-refractivity contribution < 1.29 is 18.7 Å². The molecular weight excluding hydrogens is 252 g/mol. The SMILES string of the molecule is O=C(NC1CCCCCC1O)c1cc(F)cc(F)c1. The van der Waals surface area contributed by atoms with Crippen molar-refractivity contribution >= 4 is 5.91 Å². The van der Waals surface area contributed by atoms with Crippen LogP contribution in [0, 0.1) is 11.6 Å². The third-order valence-corrected chi connectivity index (χ3v) is 3.42. The molecule has 1 aliphatic rings. The number of hydrogen-bond acceptors (Lipinski definition) is 2. The molecule has 19 heavy (non-hydrogen) atoms. The highest BCUT2D eigenvalue weighted by Crippen LogP contribution is 2.18. The highest BCUT2D eigenvalue weighted by Gasteiger charge is 2.23. The van der Waals surface area contributed by atoms with Crippen LogP contribution in [0.15, 0.2) is 18.2 Å². The van der Waals surface area contributed by atoms with E-state index in [-0.39, 0.29) is 11.6 Å². The molecule has 1 amide bonds. The summed E-state index contributed by atoms with van der Waals surface area (Å²) in [6.45, 7) is 0. The number of carbonyl (C=O) groups is 1. The minimum atomic E-state index is -0.786. The number of rotatable bonds is 2. The second kappa shape index (κ2) is 6.10. The normalized spacial score (nSPS) is 23.7. The molecule has 5 heteroatoms. The second-order valence-corrected chi connectivity index (χ2v) is 4.94. The van der Waals surface area contributed by atoms with Crippen LogP contribution in [0.2, 0.25) is 0 Å². The number of aliphatic hydroxyl groups excluding tert-OH is 1. The van der Waals surface area contributed by atoms with Crippen LogP contribution in [0.1, 0.15) is 42.5 Å². The van der Waals surface area contributed by atoms with E-state index >= 15 is 0 Å². The van der Waals surface area contributed by atoms with Gasteiger partial charge in [0, 0.05) is 11.6 Å². The van der Waals surface area contributed by atoms with Gasteiger partial charge in [-0.1, -0.05) is 19.3 Å². The smallest absolute Gasteiger partial charge is 0.251 e. The number of hydrogen-bond donors (Lipinski definition) is 2. The van der Waals surface area contributed by atoms with Crippen LogP contribution in [-0.4, -0.2) is 23.2 Å². The summed E-state index contributed by atoms with van der Waals surface area (Å²) in [4.78, 5) is 11.9. The number of aliphatic hydroxyl groups is 1. The summed E-state index contributed by atoms with van der Waals surface area (Å²) in [5.74, 6) is -2.12. The van der Waals surface area contributed by atoms with E-state index in [9.17, 15) is 18.7 Å². The summed E-state index contributed by atoms with van der Waals surface area (Å²) in [7, 11) is 0. The van der Waals surface area contributed by atoms with Gasteiger partial charge in [-0.05, 0) is 25.0 Å². The molecule has 1 aliphatic carbocycles. The van der Waals surface area contributed by atoms with Crippen molar-refractivity contribution in [2.24, 2.45) is 0 Å². The largest absolute Gasteiger partial charge is 0.391 e. The molecule has 0 spiro atoms. The Morgan fingerprint density at radius 1 is 1.11 bits per heavy atom. The molecule has 3 nitrogen and oxygen atoms in total. The first kappa shape index (κ1) is 13.9. The number of amides is 1. The van der Waals surface area contributed by atoms with Crippen molar-refractivity contribution in [1.82, 2.24) is 5.32 Å². The summed E-state index contributed by atoms with van der Waals surface area (Å²) in [6, 6.07) is 2.35. The predicted molar refractivity (Wildman–Crippen MR) is 66.7 cm³/mol. The molecular formula is C14H17F2NO2. The maximum Gasteiger partial charge on any atom is 0.251 e. The molecule has 0 bridgehead atoms. The predicted octanol–water partition coefficient (Wildman–Crippen LogP) is 2.39. The van der Waals surface area contributed by atoms with Crippen molar-refractivity contribution in [3.8, 4) is 0 Å². The summed E-state index contributed by atoms with van der Waals surface area (Å²) < 4.78 is 26.1. The molecule has 0 aromatic heterocycles. The van der Waals surface area contributed by atoms with Crippen molar-refractivity contribution in [2.45, 2.75) is 44.2 Å². The van der Waals surface area contributed by atoms with Crippen molar-refractivity contribution in [3.63, 3.8) is 0 Å². The van der Waals surface area contributed by atoms with Crippen molar-refractivity contribution in [3.05, 3.63) is 35.4 Å². The molecule has 1 fully saturated rings. The van der Waals surface area contributed by atoms with Crippen molar-refractivity contribution in [1.29, 1.82) is 0 Å². The number of halogens is 2. The molecule has 2 N–H and O–H groups in total. The van der Waals surface area contributed by atoms with Crippen LogP contribution in [0.3, 0.4) is 0 Å². The molecule has 104 valence electrons. The van der Waals surface area contributed by atoms with Crippen molar-refractivity contribution in [2.75, 3.05) is 0 Å². The maximum atomic E-state index is 13.0. The zero-order chi connectivity index (χ0) is 13.8. The third kappa shape index (κ3) is 3.73. The number of nitrogens with one attached hydrogen (secondary N) is 1. The zero-order valence-electron chi connectivity index (χ0n) is 10.5. The molecule has 0 saturated heterocycles. The van der Waals surface area contributed by atoms with Gasteiger partial charge in [0.2, 0.25) is 0 Å². The van der Waals surface area contributed by atoms with E-state index in [0.717, 1.165) is 37.5 Å². The first-order valence-corrected chi connectivity index (χ1v) is 6.51. The first-order chi connectivity index (χ1) is 9.06.